The Labute approximate surface area is 141 Å². The van der Waals surface area contributed by atoms with Crippen LogP contribution in [0.25, 0.3) is 0 Å². The van der Waals surface area contributed by atoms with E-state index in [1.54, 1.807) is 6.20 Å². The number of benzene rings is 1. The highest BCUT2D eigenvalue weighted by Gasteiger charge is 2.17. The monoisotopic (exact) mass is 358 g/mol. The van der Waals surface area contributed by atoms with Crippen molar-refractivity contribution >= 4 is 28.1 Å². The normalized spacial score (nSPS) is 11.0. The summed E-state index contributed by atoms with van der Waals surface area (Å²) in [5.41, 5.74) is 5.19. The van der Waals surface area contributed by atoms with E-state index in [0.29, 0.717) is 18.2 Å². The number of nitrogens with zero attached hydrogens (tertiary/aromatic N) is 2. The van der Waals surface area contributed by atoms with E-state index in [9.17, 15) is 18.0 Å². The lowest BCUT2D eigenvalue weighted by Gasteiger charge is -2.20. The number of thiazole rings is 1. The van der Waals surface area contributed by atoms with Gasteiger partial charge in [-0.1, -0.05) is 6.92 Å². The summed E-state index contributed by atoms with van der Waals surface area (Å²) in [5, 5.41) is 2.70. The van der Waals surface area contributed by atoms with Crippen molar-refractivity contribution in [1.29, 1.82) is 0 Å². The Kier molecular flexibility index (Phi) is 6.16. The second kappa shape index (κ2) is 8.11. The number of nitrogen functional groups attached to an aromatic ring is 1. The molecule has 1 amide bonds. The van der Waals surface area contributed by atoms with Gasteiger partial charge in [0, 0.05) is 17.6 Å². The van der Waals surface area contributed by atoms with E-state index in [4.69, 9.17) is 5.73 Å². The van der Waals surface area contributed by atoms with Gasteiger partial charge in [0.25, 0.3) is 0 Å². The lowest BCUT2D eigenvalue weighted by atomic mass is 10.2. The molecule has 2 rings (SSSR count). The van der Waals surface area contributed by atoms with Gasteiger partial charge in [0.1, 0.15) is 0 Å². The summed E-state index contributed by atoms with van der Waals surface area (Å²) in [6.07, 6.45) is 2.44. The summed E-state index contributed by atoms with van der Waals surface area (Å²) in [4.78, 5) is 18.7. The summed E-state index contributed by atoms with van der Waals surface area (Å²) in [6, 6.07) is 1.75. The molecular weight excluding hydrogens is 341 g/mol. The van der Waals surface area contributed by atoms with E-state index in [1.165, 1.54) is 11.3 Å². The smallest absolute Gasteiger partial charge is 0.238 e. The maximum Gasteiger partial charge on any atom is 0.238 e. The number of amides is 1. The van der Waals surface area contributed by atoms with Gasteiger partial charge in [0.15, 0.2) is 22.6 Å². The largest absolute Gasteiger partial charge is 0.375 e. The number of hydrogen-bond donors (Lipinski definition) is 2. The second-order valence-corrected chi connectivity index (χ2v) is 6.29. The van der Waals surface area contributed by atoms with E-state index in [2.05, 4.69) is 10.3 Å². The molecule has 0 aliphatic rings. The van der Waals surface area contributed by atoms with Crippen LogP contribution >= 0.6 is 11.3 Å². The number of hydrogen-bond acceptors (Lipinski definition) is 5. The molecule has 0 saturated heterocycles. The van der Waals surface area contributed by atoms with Crippen molar-refractivity contribution < 1.29 is 18.0 Å². The van der Waals surface area contributed by atoms with Gasteiger partial charge < -0.3 is 11.1 Å². The van der Waals surface area contributed by atoms with Crippen LogP contribution in [0.4, 0.5) is 24.0 Å². The quantitative estimate of drug-likeness (QED) is 0.747. The molecule has 3 N–H and O–H groups in total. The zero-order valence-corrected chi connectivity index (χ0v) is 13.8. The molecule has 0 fully saturated rings. The van der Waals surface area contributed by atoms with E-state index in [-0.39, 0.29) is 6.54 Å². The molecule has 1 aromatic heterocycles. The Hall–Kier alpha value is -2.13. The molecule has 0 radical (unpaired) electrons. The predicted molar refractivity (Wildman–Crippen MR) is 87.0 cm³/mol. The highest BCUT2D eigenvalue weighted by Crippen LogP contribution is 2.20. The number of nitrogens with one attached hydrogen (secondary N) is 1. The number of halogens is 3. The maximum atomic E-state index is 13.6. The molecule has 130 valence electrons. The van der Waals surface area contributed by atoms with Crippen LogP contribution in [0.3, 0.4) is 0 Å². The average molecular weight is 358 g/mol. The van der Waals surface area contributed by atoms with Gasteiger partial charge in [0.2, 0.25) is 5.91 Å². The van der Waals surface area contributed by atoms with Crippen LogP contribution < -0.4 is 11.1 Å². The zero-order chi connectivity index (χ0) is 17.7. The molecule has 0 spiro atoms. The van der Waals surface area contributed by atoms with Crippen molar-refractivity contribution in [2.75, 3.05) is 24.1 Å². The van der Waals surface area contributed by atoms with Gasteiger partial charge in [-0.15, -0.1) is 11.3 Å². The summed E-state index contributed by atoms with van der Waals surface area (Å²) in [7, 11) is 0. The van der Waals surface area contributed by atoms with Gasteiger partial charge in [-0.3, -0.25) is 9.69 Å². The van der Waals surface area contributed by atoms with E-state index in [0.717, 1.165) is 23.4 Å². The summed E-state index contributed by atoms with van der Waals surface area (Å²) in [6.45, 7) is 3.03. The Morgan fingerprint density at radius 3 is 2.71 bits per heavy atom. The van der Waals surface area contributed by atoms with Gasteiger partial charge >= 0.3 is 0 Å². The van der Waals surface area contributed by atoms with Gasteiger partial charge in [-0.2, -0.15) is 0 Å². The van der Waals surface area contributed by atoms with Crippen LogP contribution in [-0.4, -0.2) is 28.9 Å². The number of aromatic nitrogens is 1. The molecule has 0 aliphatic heterocycles. The first-order valence-electron chi connectivity index (χ1n) is 7.26. The fraction of sp³-hybridized carbons (Fsp3) is 0.333. The molecule has 24 heavy (non-hydrogen) atoms. The molecule has 0 aliphatic carbocycles. The minimum atomic E-state index is -1.61. The zero-order valence-electron chi connectivity index (χ0n) is 13.0. The summed E-state index contributed by atoms with van der Waals surface area (Å²) >= 11 is 1.32. The molecular formula is C15H17F3N4OS. The molecule has 1 heterocycles. The summed E-state index contributed by atoms with van der Waals surface area (Å²) in [5.74, 6) is -4.86. The first-order chi connectivity index (χ1) is 11.4. The van der Waals surface area contributed by atoms with Crippen molar-refractivity contribution in [2.24, 2.45) is 0 Å². The standard InChI is InChI=1S/C15H17F3N4OS/c1-2-5-22(7-9-6-20-15(19)24-9)8-12(23)21-11-4-3-10(16)13(17)14(11)18/h3-4,6H,2,5,7-8H2,1H3,(H2,19,20)(H,21,23). The van der Waals surface area contributed by atoms with Crippen LogP contribution in [0, 0.1) is 17.5 Å². The van der Waals surface area contributed by atoms with Gasteiger partial charge in [-0.05, 0) is 25.1 Å². The topological polar surface area (TPSA) is 71.2 Å². The molecule has 1 aromatic carbocycles. The number of nitrogens with two attached hydrogens (primary N) is 1. The van der Waals surface area contributed by atoms with Crippen molar-refractivity contribution in [3.05, 3.63) is 40.7 Å². The fourth-order valence-electron chi connectivity index (χ4n) is 2.16. The van der Waals surface area contributed by atoms with Crippen LogP contribution in [0.2, 0.25) is 0 Å². The van der Waals surface area contributed by atoms with Crippen molar-refractivity contribution in [3.63, 3.8) is 0 Å². The number of rotatable bonds is 7. The minimum absolute atomic E-state index is 0.0237. The molecule has 9 heteroatoms. The van der Waals surface area contributed by atoms with Gasteiger partial charge in [-0.25, -0.2) is 18.2 Å². The Morgan fingerprint density at radius 1 is 1.33 bits per heavy atom. The molecule has 0 saturated carbocycles. The Balaban J connectivity index is 2.01. The first-order valence-corrected chi connectivity index (χ1v) is 8.08. The highest BCUT2D eigenvalue weighted by molar-refractivity contribution is 7.15. The number of anilines is 2. The van der Waals surface area contributed by atoms with E-state index >= 15 is 0 Å². The van der Waals surface area contributed by atoms with E-state index in [1.807, 2.05) is 11.8 Å². The lowest BCUT2D eigenvalue weighted by Crippen LogP contribution is -2.33. The third-order valence-corrected chi connectivity index (χ3v) is 3.98. The highest BCUT2D eigenvalue weighted by atomic mass is 32.1. The van der Waals surface area contributed by atoms with Crippen LogP contribution in [-0.2, 0) is 11.3 Å². The third kappa shape index (κ3) is 4.68. The predicted octanol–water partition coefficient (Wildman–Crippen LogP) is 2.99. The minimum Gasteiger partial charge on any atom is -0.375 e. The summed E-state index contributed by atoms with van der Waals surface area (Å²) < 4.78 is 39.7. The molecule has 5 nitrogen and oxygen atoms in total. The van der Waals surface area contributed by atoms with Crippen LogP contribution in [0.1, 0.15) is 18.2 Å². The molecule has 0 atom stereocenters. The Bertz CT molecular complexity index is 723. The maximum absolute atomic E-state index is 13.6. The lowest BCUT2D eigenvalue weighted by molar-refractivity contribution is -0.117. The first kappa shape index (κ1) is 18.2. The Morgan fingerprint density at radius 2 is 2.08 bits per heavy atom. The SMILES string of the molecule is CCCN(CC(=O)Nc1ccc(F)c(F)c1F)Cc1cnc(N)s1. The molecule has 2 aromatic rings. The fourth-order valence-corrected chi connectivity index (χ4v) is 2.89. The second-order valence-electron chi connectivity index (χ2n) is 5.15. The molecule has 0 unspecified atom stereocenters. The van der Waals surface area contributed by atoms with Crippen LogP contribution in [0.5, 0.6) is 0 Å². The van der Waals surface area contributed by atoms with Crippen molar-refractivity contribution in [1.82, 2.24) is 9.88 Å². The molecule has 0 bridgehead atoms. The number of carbonyl (C=O) groups excluding carboxylic acids is 1. The van der Waals surface area contributed by atoms with Crippen molar-refractivity contribution in [3.8, 4) is 0 Å². The van der Waals surface area contributed by atoms with Gasteiger partial charge in [0.05, 0.1) is 12.2 Å². The van der Waals surface area contributed by atoms with E-state index < -0.39 is 29.0 Å². The van der Waals surface area contributed by atoms with Crippen molar-refractivity contribution in [2.45, 2.75) is 19.9 Å². The third-order valence-electron chi connectivity index (χ3n) is 3.17. The van der Waals surface area contributed by atoms with Crippen LogP contribution in [0.15, 0.2) is 18.3 Å². The average Bonchev–Trinajstić information content (AvgIpc) is 2.93. The number of carbonyl (C=O) groups is 1.